The van der Waals surface area contributed by atoms with E-state index in [0.717, 1.165) is 12.0 Å². The lowest BCUT2D eigenvalue weighted by Gasteiger charge is -2.38. The van der Waals surface area contributed by atoms with E-state index in [2.05, 4.69) is 25.3 Å². The van der Waals surface area contributed by atoms with Crippen LogP contribution in [0.5, 0.6) is 5.88 Å². The molecule has 0 saturated carbocycles. The van der Waals surface area contributed by atoms with Crippen molar-refractivity contribution in [2.75, 3.05) is 13.2 Å². The van der Waals surface area contributed by atoms with Crippen LogP contribution in [-0.4, -0.2) is 54.1 Å². The summed E-state index contributed by atoms with van der Waals surface area (Å²) in [6, 6.07) is 8.94. The van der Waals surface area contributed by atoms with Crippen LogP contribution in [0.4, 0.5) is 0 Å². The van der Waals surface area contributed by atoms with Gasteiger partial charge in [0.25, 0.3) is 5.91 Å². The summed E-state index contributed by atoms with van der Waals surface area (Å²) < 4.78 is 11.1. The predicted octanol–water partition coefficient (Wildman–Crippen LogP) is 3.01. The molecule has 1 aliphatic rings. The van der Waals surface area contributed by atoms with Crippen molar-refractivity contribution in [3.05, 3.63) is 65.9 Å². The van der Waals surface area contributed by atoms with E-state index in [0.29, 0.717) is 47.6 Å². The minimum absolute atomic E-state index is 0.131. The van der Waals surface area contributed by atoms with Crippen LogP contribution in [0.2, 0.25) is 0 Å². The summed E-state index contributed by atoms with van der Waals surface area (Å²) in [5, 5.41) is 12.5. The minimum atomic E-state index is -0.296. The smallest absolute Gasteiger partial charge is 0.256 e. The minimum Gasteiger partial charge on any atom is -0.477 e. The van der Waals surface area contributed by atoms with Gasteiger partial charge in [-0.2, -0.15) is 20.0 Å². The lowest BCUT2D eigenvalue weighted by Crippen LogP contribution is -2.45. The monoisotopic (exact) mass is 431 g/mol. The van der Waals surface area contributed by atoms with Crippen LogP contribution >= 0.6 is 0 Å². The first-order chi connectivity index (χ1) is 15.7. The van der Waals surface area contributed by atoms with E-state index in [1.807, 2.05) is 38.1 Å². The molecule has 0 spiro atoms. The Bertz CT molecular complexity index is 1250. The van der Waals surface area contributed by atoms with E-state index >= 15 is 0 Å². The number of carbonyl (C=O) groups is 1. The molecule has 162 valence electrons. The summed E-state index contributed by atoms with van der Waals surface area (Å²) in [6.45, 7) is 4.90. The zero-order chi connectivity index (χ0) is 22.1. The molecule has 5 rings (SSSR count). The van der Waals surface area contributed by atoms with E-state index in [1.54, 1.807) is 29.6 Å². The normalized spacial score (nSPS) is 15.4. The number of nitrogens with zero attached hydrogens (tertiary/aromatic N) is 7. The second-order valence-corrected chi connectivity index (χ2v) is 7.39. The van der Waals surface area contributed by atoms with Gasteiger partial charge in [-0.3, -0.25) is 4.79 Å². The Morgan fingerprint density at radius 3 is 2.81 bits per heavy atom. The topological polar surface area (TPSA) is 112 Å². The summed E-state index contributed by atoms with van der Waals surface area (Å²) in [7, 11) is 0. The van der Waals surface area contributed by atoms with Crippen LogP contribution in [0.3, 0.4) is 0 Å². The van der Waals surface area contributed by atoms with Crippen molar-refractivity contribution >= 4 is 5.91 Å². The van der Waals surface area contributed by atoms with Crippen LogP contribution in [0, 0.1) is 6.92 Å². The number of ether oxygens (including phenoxy) is 1. The molecule has 1 aromatic carbocycles. The predicted molar refractivity (Wildman–Crippen MR) is 113 cm³/mol. The standard InChI is InChI=1S/C22H21N7O3/c1-3-31-20-15(5-4-9-23-20)19-26-21(32-27-19)18-8-12-28(18)22(30)16-13-14(2)6-7-17(16)29-24-10-11-25-29/h4-7,9-11,13,18H,3,8,12H2,1-2H3/t18-/m0/s1. The van der Waals surface area contributed by atoms with Gasteiger partial charge in [-0.25, -0.2) is 4.98 Å². The van der Waals surface area contributed by atoms with E-state index in [-0.39, 0.29) is 11.9 Å². The highest BCUT2D eigenvalue weighted by Crippen LogP contribution is 2.36. The average molecular weight is 431 g/mol. The largest absolute Gasteiger partial charge is 0.477 e. The highest BCUT2D eigenvalue weighted by molar-refractivity contribution is 5.98. The molecule has 3 aromatic heterocycles. The van der Waals surface area contributed by atoms with Gasteiger partial charge in [0.2, 0.25) is 17.6 Å². The zero-order valence-electron chi connectivity index (χ0n) is 17.7. The number of likely N-dealkylation sites (tertiary alicyclic amines) is 1. The van der Waals surface area contributed by atoms with Crippen molar-refractivity contribution < 1.29 is 14.1 Å². The van der Waals surface area contributed by atoms with Gasteiger partial charge in [-0.05, 0) is 44.5 Å². The number of benzene rings is 1. The molecule has 4 heterocycles. The van der Waals surface area contributed by atoms with E-state index in [9.17, 15) is 4.79 Å². The lowest BCUT2D eigenvalue weighted by atomic mass is 9.99. The van der Waals surface area contributed by atoms with Crippen LogP contribution in [-0.2, 0) is 0 Å². The number of aromatic nitrogens is 6. The molecule has 0 radical (unpaired) electrons. The third-order valence-electron chi connectivity index (χ3n) is 5.32. The molecule has 1 atom stereocenters. The van der Waals surface area contributed by atoms with Gasteiger partial charge in [0.15, 0.2) is 0 Å². The van der Waals surface area contributed by atoms with Crippen molar-refractivity contribution in [2.24, 2.45) is 0 Å². The van der Waals surface area contributed by atoms with Gasteiger partial charge in [0, 0.05) is 12.7 Å². The first-order valence-electron chi connectivity index (χ1n) is 10.4. The summed E-state index contributed by atoms with van der Waals surface area (Å²) >= 11 is 0. The number of rotatable bonds is 6. The van der Waals surface area contributed by atoms with Gasteiger partial charge < -0.3 is 14.2 Å². The van der Waals surface area contributed by atoms with E-state index in [1.165, 1.54) is 4.80 Å². The van der Waals surface area contributed by atoms with Crippen LogP contribution < -0.4 is 4.74 Å². The molecular weight excluding hydrogens is 410 g/mol. The van der Waals surface area contributed by atoms with E-state index in [4.69, 9.17) is 9.26 Å². The summed E-state index contributed by atoms with van der Waals surface area (Å²) in [4.78, 5) is 25.4. The third kappa shape index (κ3) is 3.49. The molecule has 1 aliphatic heterocycles. The maximum absolute atomic E-state index is 13.4. The molecule has 1 amide bonds. The van der Waals surface area contributed by atoms with Crippen LogP contribution in [0.25, 0.3) is 17.1 Å². The molecule has 0 N–H and O–H groups in total. The molecule has 10 heteroatoms. The number of hydrogen-bond donors (Lipinski definition) is 0. The summed E-state index contributed by atoms with van der Waals surface area (Å²) in [5.74, 6) is 1.08. The van der Waals surface area contributed by atoms with Crippen molar-refractivity contribution in [3.63, 3.8) is 0 Å². The Morgan fingerprint density at radius 2 is 2.06 bits per heavy atom. The first kappa shape index (κ1) is 19.9. The molecular formula is C22H21N7O3. The molecule has 10 nitrogen and oxygen atoms in total. The summed E-state index contributed by atoms with van der Waals surface area (Å²) in [5.41, 5.74) is 2.77. The maximum atomic E-state index is 13.4. The fourth-order valence-electron chi connectivity index (χ4n) is 3.67. The molecule has 0 unspecified atom stereocenters. The van der Waals surface area contributed by atoms with Crippen molar-refractivity contribution in [1.82, 2.24) is 35.0 Å². The first-order valence-corrected chi connectivity index (χ1v) is 10.4. The van der Waals surface area contributed by atoms with Crippen molar-refractivity contribution in [3.8, 4) is 23.0 Å². The van der Waals surface area contributed by atoms with Crippen LogP contribution in [0.15, 0.2) is 53.4 Å². The molecule has 1 saturated heterocycles. The highest BCUT2D eigenvalue weighted by atomic mass is 16.5. The van der Waals surface area contributed by atoms with Crippen molar-refractivity contribution in [2.45, 2.75) is 26.3 Å². The number of aryl methyl sites for hydroxylation is 1. The second-order valence-electron chi connectivity index (χ2n) is 7.39. The second kappa shape index (κ2) is 8.22. The molecule has 4 aromatic rings. The molecule has 0 bridgehead atoms. The quantitative estimate of drug-likeness (QED) is 0.458. The lowest BCUT2D eigenvalue weighted by molar-refractivity contribution is 0.0378. The Kier molecular flexibility index (Phi) is 5.10. The average Bonchev–Trinajstić information content (AvgIpc) is 3.46. The Balaban J connectivity index is 1.43. The van der Waals surface area contributed by atoms with Crippen LogP contribution in [0.1, 0.15) is 41.2 Å². The Hall–Kier alpha value is -4.08. The van der Waals surface area contributed by atoms with Gasteiger partial charge in [0.05, 0.1) is 35.8 Å². The number of pyridine rings is 1. The van der Waals surface area contributed by atoms with Crippen molar-refractivity contribution in [1.29, 1.82) is 0 Å². The SMILES string of the molecule is CCOc1ncccc1-c1noc([C@@H]2CCN2C(=O)c2cc(C)ccc2-n2nccn2)n1. The number of hydrogen-bond acceptors (Lipinski definition) is 8. The Labute approximate surface area is 183 Å². The highest BCUT2D eigenvalue weighted by Gasteiger charge is 2.39. The fourth-order valence-corrected chi connectivity index (χ4v) is 3.67. The zero-order valence-corrected chi connectivity index (χ0v) is 17.7. The number of carbonyl (C=O) groups excluding carboxylic acids is 1. The summed E-state index contributed by atoms with van der Waals surface area (Å²) in [6.07, 6.45) is 5.54. The van der Waals surface area contributed by atoms with Gasteiger partial charge in [0.1, 0.15) is 6.04 Å². The molecule has 0 aliphatic carbocycles. The van der Waals surface area contributed by atoms with E-state index < -0.39 is 0 Å². The van der Waals surface area contributed by atoms with Gasteiger partial charge >= 0.3 is 0 Å². The Morgan fingerprint density at radius 1 is 1.22 bits per heavy atom. The third-order valence-corrected chi connectivity index (χ3v) is 5.32. The maximum Gasteiger partial charge on any atom is 0.256 e. The fraction of sp³-hybridized carbons (Fsp3) is 0.273. The molecule has 1 fully saturated rings. The molecule has 32 heavy (non-hydrogen) atoms. The van der Waals surface area contributed by atoms with Gasteiger partial charge in [-0.1, -0.05) is 16.8 Å². The van der Waals surface area contributed by atoms with Gasteiger partial charge in [-0.15, -0.1) is 0 Å². The number of amides is 1.